The lowest BCUT2D eigenvalue weighted by Gasteiger charge is -2.17. The maximum Gasteiger partial charge on any atom is 0.274 e. The highest BCUT2D eigenvalue weighted by atomic mass is 35.5. The van der Waals surface area contributed by atoms with Crippen LogP contribution in [-0.4, -0.2) is 62.6 Å². The largest absolute Gasteiger partial charge is 0.493 e. The molecule has 0 saturated carbocycles. The van der Waals surface area contributed by atoms with Crippen molar-refractivity contribution in [2.75, 3.05) is 57.4 Å². The molecule has 1 aliphatic rings. The van der Waals surface area contributed by atoms with Gasteiger partial charge in [0, 0.05) is 53.2 Å². The summed E-state index contributed by atoms with van der Waals surface area (Å²) >= 11 is 6.16. The van der Waals surface area contributed by atoms with E-state index in [1.54, 1.807) is 12.0 Å². The first kappa shape index (κ1) is 21.3. The zero-order valence-electron chi connectivity index (χ0n) is 17.9. The number of fused-ring (bicyclic) bond motifs is 2. The smallest absolute Gasteiger partial charge is 0.274 e. The number of alkyl halides is 1. The molecule has 0 spiro atoms. The summed E-state index contributed by atoms with van der Waals surface area (Å²) < 4.78 is 11.4. The highest BCUT2D eigenvalue weighted by molar-refractivity contribution is 6.19. The van der Waals surface area contributed by atoms with Crippen molar-refractivity contribution in [2.24, 2.45) is 0 Å². The number of rotatable bonds is 7. The van der Waals surface area contributed by atoms with E-state index in [1.165, 1.54) is 0 Å². The number of nitrogen functional groups attached to an aromatic ring is 1. The zero-order valence-corrected chi connectivity index (χ0v) is 18.7. The van der Waals surface area contributed by atoms with Crippen LogP contribution in [0.4, 0.5) is 11.4 Å². The van der Waals surface area contributed by atoms with Gasteiger partial charge in [0.15, 0.2) is 11.5 Å². The van der Waals surface area contributed by atoms with Crippen LogP contribution in [-0.2, 0) is 0 Å². The third kappa shape index (κ3) is 4.16. The Bertz CT molecular complexity index is 1110. The summed E-state index contributed by atoms with van der Waals surface area (Å²) in [6.07, 6.45) is 0. The summed E-state index contributed by atoms with van der Waals surface area (Å²) in [4.78, 5) is 20.4. The summed E-state index contributed by atoms with van der Waals surface area (Å²) in [6.45, 7) is 1.85. The van der Waals surface area contributed by atoms with E-state index in [9.17, 15) is 4.79 Å². The van der Waals surface area contributed by atoms with Crippen molar-refractivity contribution < 1.29 is 14.3 Å². The Morgan fingerprint density at radius 2 is 2.06 bits per heavy atom. The summed E-state index contributed by atoms with van der Waals surface area (Å²) in [5.41, 5.74) is 9.76. The fourth-order valence-electron chi connectivity index (χ4n) is 3.89. The van der Waals surface area contributed by atoms with Crippen molar-refractivity contribution in [1.29, 1.82) is 0 Å². The monoisotopic (exact) mass is 442 g/mol. The van der Waals surface area contributed by atoms with Crippen LogP contribution in [0.5, 0.6) is 11.5 Å². The highest BCUT2D eigenvalue weighted by Crippen LogP contribution is 2.39. The number of hydrogen-bond donors (Lipinski definition) is 2. The lowest BCUT2D eigenvalue weighted by atomic mass is 10.0. The average molecular weight is 443 g/mol. The number of carbonyl (C=O) groups excluding carboxylic acids is 1. The number of carbonyl (C=O) groups is 1. The first-order valence-corrected chi connectivity index (χ1v) is 10.7. The lowest BCUT2D eigenvalue weighted by molar-refractivity contribution is 0.0984. The lowest BCUT2D eigenvalue weighted by Crippen LogP contribution is -2.30. The van der Waals surface area contributed by atoms with Gasteiger partial charge in [-0.3, -0.25) is 4.79 Å². The SMILES string of the molecule is COc1cc2cc(C(=O)N3CC(CCl)c4ccc(N)cc43)[nH]c2cc1OCCN(C)C. The Labute approximate surface area is 186 Å². The number of nitrogens with one attached hydrogen (secondary N) is 1. The van der Waals surface area contributed by atoms with E-state index >= 15 is 0 Å². The third-order valence-electron chi connectivity index (χ3n) is 5.55. The first-order chi connectivity index (χ1) is 14.9. The molecule has 1 amide bonds. The number of H-pyrrole nitrogens is 1. The number of halogens is 1. The number of nitrogens with zero attached hydrogens (tertiary/aromatic N) is 2. The molecule has 164 valence electrons. The van der Waals surface area contributed by atoms with Gasteiger partial charge >= 0.3 is 0 Å². The van der Waals surface area contributed by atoms with Gasteiger partial charge < -0.3 is 30.0 Å². The fourth-order valence-corrected chi connectivity index (χ4v) is 4.16. The average Bonchev–Trinajstić information content (AvgIpc) is 3.32. The van der Waals surface area contributed by atoms with E-state index in [4.69, 9.17) is 26.8 Å². The van der Waals surface area contributed by atoms with E-state index < -0.39 is 0 Å². The number of anilines is 2. The number of aromatic nitrogens is 1. The topological polar surface area (TPSA) is 83.8 Å². The molecule has 2 aromatic carbocycles. The molecule has 1 unspecified atom stereocenters. The van der Waals surface area contributed by atoms with Crippen molar-refractivity contribution in [1.82, 2.24) is 9.88 Å². The molecule has 7 nitrogen and oxygen atoms in total. The van der Waals surface area contributed by atoms with Crippen molar-refractivity contribution in [3.63, 3.8) is 0 Å². The van der Waals surface area contributed by atoms with Crippen LogP contribution in [0, 0.1) is 0 Å². The molecule has 0 saturated heterocycles. The minimum absolute atomic E-state index is 0.0855. The van der Waals surface area contributed by atoms with Gasteiger partial charge in [0.2, 0.25) is 0 Å². The van der Waals surface area contributed by atoms with E-state index in [2.05, 4.69) is 4.98 Å². The van der Waals surface area contributed by atoms with Crippen molar-refractivity contribution in [3.05, 3.63) is 47.7 Å². The third-order valence-corrected chi connectivity index (χ3v) is 5.92. The summed E-state index contributed by atoms with van der Waals surface area (Å²) in [6, 6.07) is 11.2. The quantitative estimate of drug-likeness (QED) is 0.430. The van der Waals surface area contributed by atoms with E-state index in [0.717, 1.165) is 28.7 Å². The summed E-state index contributed by atoms with van der Waals surface area (Å²) in [5.74, 6) is 1.68. The number of amides is 1. The minimum Gasteiger partial charge on any atom is -0.493 e. The Morgan fingerprint density at radius 3 is 2.77 bits per heavy atom. The van der Waals surface area contributed by atoms with Gasteiger partial charge in [-0.1, -0.05) is 6.07 Å². The van der Waals surface area contributed by atoms with Crippen LogP contribution < -0.4 is 20.1 Å². The van der Waals surface area contributed by atoms with E-state index in [-0.39, 0.29) is 11.8 Å². The second-order valence-corrected chi connectivity index (χ2v) is 8.32. The molecule has 1 aliphatic heterocycles. The molecule has 0 fully saturated rings. The minimum atomic E-state index is -0.121. The van der Waals surface area contributed by atoms with Gasteiger partial charge in [-0.2, -0.15) is 0 Å². The molecule has 4 rings (SSSR count). The van der Waals surface area contributed by atoms with Crippen LogP contribution >= 0.6 is 11.6 Å². The predicted molar refractivity (Wildman–Crippen MR) is 125 cm³/mol. The Hall–Kier alpha value is -2.90. The number of ether oxygens (including phenoxy) is 2. The van der Waals surface area contributed by atoms with Gasteiger partial charge in [-0.15, -0.1) is 11.6 Å². The number of likely N-dealkylation sites (N-methyl/N-ethyl adjacent to an activating group) is 1. The molecule has 8 heteroatoms. The number of aromatic amines is 1. The van der Waals surface area contributed by atoms with Crippen LogP contribution in [0.3, 0.4) is 0 Å². The second kappa shape index (κ2) is 8.69. The number of benzene rings is 2. The number of nitrogens with two attached hydrogens (primary N) is 1. The molecular weight excluding hydrogens is 416 g/mol. The van der Waals surface area contributed by atoms with Gasteiger partial charge in [0.05, 0.1) is 7.11 Å². The zero-order chi connectivity index (χ0) is 22.1. The first-order valence-electron chi connectivity index (χ1n) is 10.2. The van der Waals surface area contributed by atoms with E-state index in [0.29, 0.717) is 41.9 Å². The Morgan fingerprint density at radius 1 is 1.26 bits per heavy atom. The molecular formula is C23H27ClN4O3. The van der Waals surface area contributed by atoms with Gasteiger partial charge in [0.25, 0.3) is 5.91 Å². The maximum absolute atomic E-state index is 13.4. The van der Waals surface area contributed by atoms with Crippen molar-refractivity contribution in [3.8, 4) is 11.5 Å². The number of hydrogen-bond acceptors (Lipinski definition) is 5. The predicted octanol–water partition coefficient (Wildman–Crippen LogP) is 3.68. The molecule has 31 heavy (non-hydrogen) atoms. The van der Waals surface area contributed by atoms with Crippen LogP contribution in [0.1, 0.15) is 22.0 Å². The molecule has 1 atom stereocenters. The molecule has 0 radical (unpaired) electrons. The van der Waals surface area contributed by atoms with Crippen LogP contribution in [0.25, 0.3) is 10.9 Å². The van der Waals surface area contributed by atoms with Gasteiger partial charge in [0.1, 0.15) is 12.3 Å². The second-order valence-electron chi connectivity index (χ2n) is 8.01. The molecule has 0 aliphatic carbocycles. The molecule has 3 aromatic rings. The summed E-state index contributed by atoms with van der Waals surface area (Å²) in [7, 11) is 5.59. The molecule has 2 heterocycles. The van der Waals surface area contributed by atoms with E-state index in [1.807, 2.05) is 55.4 Å². The Kier molecular flexibility index (Phi) is 5.98. The standard InChI is InChI=1S/C23H27ClN4O3/c1-27(2)6-7-31-22-11-18-14(9-21(22)30-3)8-19(26-18)23(29)28-13-15(12-24)17-5-4-16(25)10-20(17)28/h4-5,8-11,15,26H,6-7,12-13,25H2,1-3H3. The normalized spacial score (nSPS) is 15.5. The fraction of sp³-hybridized carbons (Fsp3) is 0.348. The van der Waals surface area contributed by atoms with Crippen LogP contribution in [0.15, 0.2) is 36.4 Å². The molecule has 3 N–H and O–H groups in total. The molecule has 1 aromatic heterocycles. The Balaban J connectivity index is 1.64. The molecule has 0 bridgehead atoms. The van der Waals surface area contributed by atoms with Gasteiger partial charge in [-0.25, -0.2) is 0 Å². The van der Waals surface area contributed by atoms with Crippen LogP contribution in [0.2, 0.25) is 0 Å². The summed E-state index contributed by atoms with van der Waals surface area (Å²) in [5, 5.41) is 0.876. The van der Waals surface area contributed by atoms with Crippen molar-refractivity contribution in [2.45, 2.75) is 5.92 Å². The highest BCUT2D eigenvalue weighted by Gasteiger charge is 2.33. The van der Waals surface area contributed by atoms with Crippen molar-refractivity contribution >= 4 is 39.8 Å². The number of methoxy groups -OCH3 is 1. The van der Waals surface area contributed by atoms with Gasteiger partial charge in [-0.05, 0) is 43.9 Å². The maximum atomic E-state index is 13.4.